The van der Waals surface area contributed by atoms with Gasteiger partial charge in [-0.15, -0.1) is 0 Å². The summed E-state index contributed by atoms with van der Waals surface area (Å²) in [5.41, 5.74) is 13.3. The molecule has 0 aliphatic heterocycles. The number of hydrogen-bond acceptors (Lipinski definition) is 0. The molecule has 5 aromatic carbocycles. The quantitative estimate of drug-likeness (QED) is 0.256. The molecule has 7 rings (SSSR count). The molecule has 1 spiro atoms. The lowest BCUT2D eigenvalue weighted by Gasteiger charge is -2.32. The average molecular weight is 409 g/mol. The Bertz CT molecular complexity index is 1410. The monoisotopic (exact) mass is 408 g/mol. The predicted molar refractivity (Wildman–Crippen MR) is 135 cm³/mol. The average Bonchev–Trinajstić information content (AvgIpc) is 3.32. The second kappa shape index (κ2) is 6.80. The highest BCUT2D eigenvalue weighted by Crippen LogP contribution is 2.64. The van der Waals surface area contributed by atoms with Crippen LogP contribution in [-0.4, -0.2) is 0 Å². The van der Waals surface area contributed by atoms with E-state index in [2.05, 4.69) is 121 Å². The van der Waals surface area contributed by atoms with Gasteiger partial charge in [0.05, 0.1) is 5.41 Å². The molecule has 2 aliphatic rings. The van der Waals surface area contributed by atoms with Crippen LogP contribution in [0.4, 0.5) is 0 Å². The number of benzene rings is 5. The largest absolute Gasteiger partial charge is 0.0776 e. The molecule has 0 radical (unpaired) electrons. The van der Waals surface area contributed by atoms with Gasteiger partial charge >= 0.3 is 0 Å². The topological polar surface area (TPSA) is 0 Å². The number of rotatable bonds is 1. The summed E-state index contributed by atoms with van der Waals surface area (Å²) < 4.78 is 0. The zero-order valence-electron chi connectivity index (χ0n) is 17.0. The van der Waals surface area contributed by atoms with Crippen LogP contribution >= 0.6 is 0 Å². The molecule has 5 aromatic rings. The van der Waals surface area contributed by atoms with Crippen LogP contribution < -0.4 is 0 Å². The zero-order valence-corrected chi connectivity index (χ0v) is 17.0. The first kappa shape index (κ1) is 18.8. The summed E-state index contributed by atoms with van der Waals surface area (Å²) in [5.74, 6) is 0. The van der Waals surface area contributed by atoms with Gasteiger partial charge in [0.25, 0.3) is 0 Å². The van der Waals surface area contributed by atoms with Crippen LogP contribution in [0.25, 0.3) is 33.4 Å². The van der Waals surface area contributed by atoms with E-state index in [9.17, 15) is 0 Å². The van der Waals surface area contributed by atoms with E-state index in [1.165, 1.54) is 55.6 Å². The van der Waals surface area contributed by atoms with Crippen LogP contribution in [0.15, 0.2) is 121 Å². The fourth-order valence-corrected chi connectivity index (χ4v) is 6.01. The van der Waals surface area contributed by atoms with Gasteiger partial charge < -0.3 is 0 Å². The van der Waals surface area contributed by atoms with Crippen LogP contribution in [0.1, 0.15) is 29.7 Å². The minimum Gasteiger partial charge on any atom is -0.0776 e. The third kappa shape index (κ3) is 2.17. The molecule has 0 aromatic heterocycles. The molecule has 0 bridgehead atoms. The summed E-state index contributed by atoms with van der Waals surface area (Å²) in [6.45, 7) is 0. The second-order valence-corrected chi connectivity index (χ2v) is 8.48. The Morgan fingerprint density at radius 2 is 0.750 bits per heavy atom. The molecule has 0 fully saturated rings. The molecule has 0 saturated carbocycles. The molecule has 0 saturated heterocycles. The Balaban J connectivity index is 0.00000196. The van der Waals surface area contributed by atoms with Crippen molar-refractivity contribution in [2.24, 2.45) is 0 Å². The van der Waals surface area contributed by atoms with Gasteiger partial charge in [-0.05, 0) is 55.6 Å². The van der Waals surface area contributed by atoms with E-state index in [0.717, 1.165) is 0 Å². The van der Waals surface area contributed by atoms with Gasteiger partial charge in [-0.1, -0.05) is 129 Å². The zero-order chi connectivity index (χ0) is 20.4. The van der Waals surface area contributed by atoms with E-state index in [1.54, 1.807) is 0 Å². The fourth-order valence-electron chi connectivity index (χ4n) is 6.01. The highest BCUT2D eigenvalue weighted by molar-refractivity contribution is 5.98. The lowest BCUT2D eigenvalue weighted by Crippen LogP contribution is -2.26. The van der Waals surface area contributed by atoms with E-state index >= 15 is 0 Å². The first-order valence-electron chi connectivity index (χ1n) is 10.9. The molecular formula is C32H24. The van der Waals surface area contributed by atoms with Crippen molar-refractivity contribution in [1.82, 2.24) is 0 Å². The van der Waals surface area contributed by atoms with E-state index in [-0.39, 0.29) is 12.8 Å². The van der Waals surface area contributed by atoms with Crippen molar-refractivity contribution in [3.05, 3.63) is 144 Å². The summed E-state index contributed by atoms with van der Waals surface area (Å²) in [7, 11) is 0. The molecule has 2 aliphatic carbocycles. The second-order valence-electron chi connectivity index (χ2n) is 8.48. The van der Waals surface area contributed by atoms with E-state index < -0.39 is 0 Å². The Labute approximate surface area is 189 Å². The first-order valence-corrected chi connectivity index (χ1v) is 10.9. The number of hydrogen-bond donors (Lipinski definition) is 0. The Kier molecular flexibility index (Phi) is 4.00. The Morgan fingerprint density at radius 3 is 1.31 bits per heavy atom. The third-order valence-electron chi connectivity index (χ3n) is 7.10. The molecule has 0 unspecified atom stereocenters. The number of fused-ring (bicyclic) bond motifs is 10. The molecular weight excluding hydrogens is 384 g/mol. The molecule has 0 N–H and O–H groups in total. The highest BCUT2D eigenvalue weighted by atomic mass is 14.5. The fraction of sp³-hybridized carbons (Fsp3) is 0.0625. The van der Waals surface area contributed by atoms with Crippen LogP contribution in [0.3, 0.4) is 0 Å². The predicted octanol–water partition coefficient (Wildman–Crippen LogP) is 8.33. The molecule has 0 nitrogen and oxygen atoms in total. The van der Waals surface area contributed by atoms with Gasteiger partial charge in [-0.2, -0.15) is 0 Å². The lowest BCUT2D eigenvalue weighted by atomic mass is 9.68. The molecule has 0 amide bonds. The Hall–Kier alpha value is -3.90. The third-order valence-corrected chi connectivity index (χ3v) is 7.10. The Morgan fingerprint density at radius 1 is 0.344 bits per heavy atom. The first-order chi connectivity index (χ1) is 15.4. The maximum absolute atomic E-state index is 2.34. The normalized spacial score (nSPS) is 13.6. The summed E-state index contributed by atoms with van der Waals surface area (Å²) in [6.07, 6.45) is 0. The summed E-state index contributed by atoms with van der Waals surface area (Å²) >= 11 is 0. The SMILES string of the molecule is C.c1ccc(-c2cccc3c2C2(c4ccccc4-c4ccccc42)c2ccccc2-3)cc1. The van der Waals surface area contributed by atoms with Crippen molar-refractivity contribution in [3.63, 3.8) is 0 Å². The van der Waals surface area contributed by atoms with Gasteiger partial charge in [0.15, 0.2) is 0 Å². The van der Waals surface area contributed by atoms with Crippen LogP contribution in [0.5, 0.6) is 0 Å². The van der Waals surface area contributed by atoms with Crippen molar-refractivity contribution in [2.45, 2.75) is 12.8 Å². The van der Waals surface area contributed by atoms with Gasteiger partial charge in [-0.3, -0.25) is 0 Å². The van der Waals surface area contributed by atoms with Gasteiger partial charge in [0.1, 0.15) is 0 Å². The van der Waals surface area contributed by atoms with Crippen molar-refractivity contribution in [1.29, 1.82) is 0 Å². The van der Waals surface area contributed by atoms with Gasteiger partial charge in [0, 0.05) is 0 Å². The molecule has 32 heavy (non-hydrogen) atoms. The molecule has 0 heteroatoms. The van der Waals surface area contributed by atoms with Crippen molar-refractivity contribution in [2.75, 3.05) is 0 Å². The van der Waals surface area contributed by atoms with E-state index in [0.29, 0.717) is 0 Å². The maximum atomic E-state index is 2.34. The standard InChI is InChI=1S/C31H20.CH4/c1-2-11-21(12-3-1)22-16-10-17-26-25-15-6-9-20-29(25)31(30(22)26)27-18-7-4-13-23(27)24-14-5-8-19-28(24)31;/h1-20H;1H4. The van der Waals surface area contributed by atoms with Crippen LogP contribution in [-0.2, 0) is 5.41 Å². The van der Waals surface area contributed by atoms with Crippen molar-refractivity contribution < 1.29 is 0 Å². The van der Waals surface area contributed by atoms with E-state index in [4.69, 9.17) is 0 Å². The highest BCUT2D eigenvalue weighted by Gasteiger charge is 2.52. The summed E-state index contributed by atoms with van der Waals surface area (Å²) in [4.78, 5) is 0. The van der Waals surface area contributed by atoms with Crippen molar-refractivity contribution >= 4 is 0 Å². The van der Waals surface area contributed by atoms with Gasteiger partial charge in [0.2, 0.25) is 0 Å². The van der Waals surface area contributed by atoms with Crippen LogP contribution in [0.2, 0.25) is 0 Å². The van der Waals surface area contributed by atoms with Crippen LogP contribution in [0, 0.1) is 0 Å². The summed E-state index contributed by atoms with van der Waals surface area (Å²) in [6, 6.07) is 44.6. The summed E-state index contributed by atoms with van der Waals surface area (Å²) in [5, 5.41) is 0. The van der Waals surface area contributed by atoms with Gasteiger partial charge in [-0.25, -0.2) is 0 Å². The molecule has 152 valence electrons. The lowest BCUT2D eigenvalue weighted by molar-refractivity contribution is 0.796. The molecule has 0 heterocycles. The maximum Gasteiger partial charge on any atom is 0.0731 e. The smallest absolute Gasteiger partial charge is 0.0731 e. The minimum absolute atomic E-state index is 0. The van der Waals surface area contributed by atoms with E-state index in [1.807, 2.05) is 0 Å². The van der Waals surface area contributed by atoms with Crippen molar-refractivity contribution in [3.8, 4) is 33.4 Å². The molecule has 0 atom stereocenters. The minimum atomic E-state index is -0.286.